The molecule has 0 saturated carbocycles. The van der Waals surface area contributed by atoms with Gasteiger partial charge in [-0.25, -0.2) is 0 Å². The number of likely N-dealkylation sites (N-methyl/N-ethyl adjacent to an activating group) is 1. The molecule has 0 aromatic heterocycles. The second-order valence-corrected chi connectivity index (χ2v) is 5.59. The Hall–Kier alpha value is -1.51. The third-order valence-corrected chi connectivity index (χ3v) is 3.50. The van der Waals surface area contributed by atoms with Crippen LogP contribution in [-0.2, 0) is 6.42 Å². The average molecular weight is 304 g/mol. The summed E-state index contributed by atoms with van der Waals surface area (Å²) >= 11 is 6.14. The topological polar surface area (TPSA) is 21.3 Å². The fourth-order valence-electron chi connectivity index (χ4n) is 2.22. The van der Waals surface area contributed by atoms with Gasteiger partial charge in [0.25, 0.3) is 0 Å². The van der Waals surface area contributed by atoms with Crippen molar-refractivity contribution in [2.45, 2.75) is 26.4 Å². The molecule has 2 rings (SSSR count). The molecule has 0 bridgehead atoms. The lowest BCUT2D eigenvalue weighted by Crippen LogP contribution is -2.28. The van der Waals surface area contributed by atoms with Gasteiger partial charge in [0.1, 0.15) is 11.9 Å². The van der Waals surface area contributed by atoms with Crippen molar-refractivity contribution in [3.05, 3.63) is 64.7 Å². The molecule has 0 amide bonds. The van der Waals surface area contributed by atoms with Crippen LogP contribution in [0.15, 0.2) is 48.5 Å². The van der Waals surface area contributed by atoms with Crippen molar-refractivity contribution in [2.75, 3.05) is 13.1 Å². The Morgan fingerprint density at radius 3 is 2.62 bits per heavy atom. The maximum absolute atomic E-state index is 6.14. The van der Waals surface area contributed by atoms with Crippen LogP contribution in [0.3, 0.4) is 0 Å². The van der Waals surface area contributed by atoms with E-state index >= 15 is 0 Å². The fourth-order valence-corrected chi connectivity index (χ4v) is 2.42. The van der Waals surface area contributed by atoms with Gasteiger partial charge in [0.05, 0.1) is 0 Å². The van der Waals surface area contributed by atoms with Gasteiger partial charge in [0.2, 0.25) is 0 Å². The van der Waals surface area contributed by atoms with Crippen molar-refractivity contribution in [3.63, 3.8) is 0 Å². The SMILES string of the molecule is CCNCC(C)Oc1ccc(Cl)cc1Cc1ccccc1. The number of hydrogen-bond acceptors (Lipinski definition) is 2. The Morgan fingerprint density at radius 2 is 1.90 bits per heavy atom. The first-order chi connectivity index (χ1) is 10.2. The van der Waals surface area contributed by atoms with Crippen molar-refractivity contribution in [2.24, 2.45) is 0 Å². The maximum Gasteiger partial charge on any atom is 0.123 e. The predicted molar refractivity (Wildman–Crippen MR) is 89.3 cm³/mol. The van der Waals surface area contributed by atoms with E-state index < -0.39 is 0 Å². The minimum Gasteiger partial charge on any atom is -0.489 e. The molecular formula is C18H22ClNO. The van der Waals surface area contributed by atoms with Gasteiger partial charge in [-0.05, 0) is 42.8 Å². The number of ether oxygens (including phenoxy) is 1. The monoisotopic (exact) mass is 303 g/mol. The van der Waals surface area contributed by atoms with Gasteiger partial charge in [-0.15, -0.1) is 0 Å². The highest BCUT2D eigenvalue weighted by molar-refractivity contribution is 6.30. The van der Waals surface area contributed by atoms with Gasteiger partial charge < -0.3 is 10.1 Å². The van der Waals surface area contributed by atoms with Crippen LogP contribution < -0.4 is 10.1 Å². The third-order valence-electron chi connectivity index (χ3n) is 3.27. The molecule has 3 heteroatoms. The summed E-state index contributed by atoms with van der Waals surface area (Å²) in [6, 6.07) is 16.2. The van der Waals surface area contributed by atoms with Crippen molar-refractivity contribution in [1.82, 2.24) is 5.32 Å². The first kappa shape index (κ1) is 15.9. The molecule has 1 atom stereocenters. The third kappa shape index (κ3) is 5.07. The minimum absolute atomic E-state index is 0.126. The molecule has 1 unspecified atom stereocenters. The number of rotatable bonds is 7. The highest BCUT2D eigenvalue weighted by atomic mass is 35.5. The molecule has 0 spiro atoms. The second-order valence-electron chi connectivity index (χ2n) is 5.15. The van der Waals surface area contributed by atoms with Crippen LogP contribution in [0, 0.1) is 0 Å². The van der Waals surface area contributed by atoms with Crippen molar-refractivity contribution in [3.8, 4) is 5.75 Å². The van der Waals surface area contributed by atoms with Crippen molar-refractivity contribution < 1.29 is 4.74 Å². The lowest BCUT2D eigenvalue weighted by atomic mass is 10.0. The van der Waals surface area contributed by atoms with Gasteiger partial charge >= 0.3 is 0 Å². The van der Waals surface area contributed by atoms with E-state index in [1.807, 2.05) is 36.4 Å². The zero-order valence-electron chi connectivity index (χ0n) is 12.6. The molecule has 2 aromatic rings. The molecule has 0 heterocycles. The first-order valence-electron chi connectivity index (χ1n) is 7.38. The summed E-state index contributed by atoms with van der Waals surface area (Å²) in [5.74, 6) is 0.911. The van der Waals surface area contributed by atoms with E-state index in [0.29, 0.717) is 0 Å². The zero-order chi connectivity index (χ0) is 15.1. The molecule has 0 radical (unpaired) electrons. The summed E-state index contributed by atoms with van der Waals surface area (Å²) in [5, 5.41) is 4.04. The van der Waals surface area contributed by atoms with Crippen LogP contribution in [0.4, 0.5) is 0 Å². The highest BCUT2D eigenvalue weighted by Gasteiger charge is 2.09. The molecule has 1 N–H and O–H groups in total. The lowest BCUT2D eigenvalue weighted by molar-refractivity contribution is 0.216. The Kier molecular flexibility index (Phi) is 6.09. The van der Waals surface area contributed by atoms with Gasteiger partial charge in [0, 0.05) is 18.0 Å². The van der Waals surface area contributed by atoms with E-state index in [4.69, 9.17) is 16.3 Å². The summed E-state index contributed by atoms with van der Waals surface area (Å²) in [6.45, 7) is 5.95. The number of hydrogen-bond donors (Lipinski definition) is 1. The highest BCUT2D eigenvalue weighted by Crippen LogP contribution is 2.26. The summed E-state index contributed by atoms with van der Waals surface area (Å²) in [7, 11) is 0. The van der Waals surface area contributed by atoms with Crippen molar-refractivity contribution in [1.29, 1.82) is 0 Å². The van der Waals surface area contributed by atoms with E-state index in [-0.39, 0.29) is 6.10 Å². The Labute approximate surface area is 132 Å². The van der Waals surface area contributed by atoms with Crippen LogP contribution in [0.1, 0.15) is 25.0 Å². The summed E-state index contributed by atoms with van der Waals surface area (Å²) in [6.07, 6.45) is 0.950. The molecule has 0 saturated heterocycles. The standard InChI is InChI=1S/C18H22ClNO/c1-3-20-13-14(2)21-18-10-9-17(19)12-16(18)11-15-7-5-4-6-8-15/h4-10,12,14,20H,3,11,13H2,1-2H3. The van der Waals surface area contributed by atoms with Gasteiger partial charge in [-0.3, -0.25) is 0 Å². The molecule has 0 aliphatic carbocycles. The minimum atomic E-state index is 0.126. The molecule has 112 valence electrons. The van der Waals surface area contributed by atoms with Crippen LogP contribution in [-0.4, -0.2) is 19.2 Å². The largest absolute Gasteiger partial charge is 0.489 e. The number of benzene rings is 2. The summed E-state index contributed by atoms with van der Waals surface area (Å²) < 4.78 is 6.05. The van der Waals surface area contributed by atoms with Crippen LogP contribution in [0.2, 0.25) is 5.02 Å². The average Bonchev–Trinajstić information content (AvgIpc) is 2.49. The summed E-state index contributed by atoms with van der Waals surface area (Å²) in [5.41, 5.74) is 2.38. The Balaban J connectivity index is 2.13. The van der Waals surface area contributed by atoms with E-state index in [9.17, 15) is 0 Å². The second kappa shape index (κ2) is 8.06. The normalized spacial score (nSPS) is 12.1. The van der Waals surface area contributed by atoms with Crippen LogP contribution in [0.5, 0.6) is 5.75 Å². The van der Waals surface area contributed by atoms with Gasteiger partial charge in [0.15, 0.2) is 0 Å². The van der Waals surface area contributed by atoms with Crippen LogP contribution in [0.25, 0.3) is 0 Å². The van der Waals surface area contributed by atoms with Crippen molar-refractivity contribution >= 4 is 11.6 Å². The van der Waals surface area contributed by atoms with E-state index in [2.05, 4.69) is 31.3 Å². The first-order valence-corrected chi connectivity index (χ1v) is 7.76. The van der Waals surface area contributed by atoms with Crippen LogP contribution >= 0.6 is 11.6 Å². The number of nitrogens with one attached hydrogen (secondary N) is 1. The van der Waals surface area contributed by atoms with Gasteiger partial charge in [-0.1, -0.05) is 48.9 Å². The molecule has 0 fully saturated rings. The lowest BCUT2D eigenvalue weighted by Gasteiger charge is -2.18. The quantitative estimate of drug-likeness (QED) is 0.823. The summed E-state index contributed by atoms with van der Waals surface area (Å²) in [4.78, 5) is 0. The molecule has 0 aliphatic heterocycles. The molecule has 21 heavy (non-hydrogen) atoms. The fraction of sp³-hybridized carbons (Fsp3) is 0.333. The molecule has 2 aromatic carbocycles. The Morgan fingerprint density at radius 1 is 1.14 bits per heavy atom. The molecular weight excluding hydrogens is 282 g/mol. The van der Waals surface area contributed by atoms with Gasteiger partial charge in [-0.2, -0.15) is 0 Å². The maximum atomic E-state index is 6.14. The van der Waals surface area contributed by atoms with E-state index in [0.717, 1.165) is 35.8 Å². The molecule has 0 aliphatic rings. The number of halogens is 1. The molecule has 2 nitrogen and oxygen atoms in total. The van der Waals surface area contributed by atoms with E-state index in [1.54, 1.807) is 0 Å². The smallest absolute Gasteiger partial charge is 0.123 e. The zero-order valence-corrected chi connectivity index (χ0v) is 13.4. The Bertz CT molecular complexity index is 556. The predicted octanol–water partition coefficient (Wildman–Crippen LogP) is 4.31. The van der Waals surface area contributed by atoms with E-state index in [1.165, 1.54) is 5.56 Å².